The Bertz CT molecular complexity index is 43.0. The molecule has 0 aliphatic heterocycles. The Balaban J connectivity index is -0.0000000480. The summed E-state index contributed by atoms with van der Waals surface area (Å²) < 4.78 is 0. The van der Waals surface area contributed by atoms with Gasteiger partial charge in [-0.2, -0.15) is 4.91 Å². The molecule has 0 saturated carbocycles. The van der Waals surface area contributed by atoms with Gasteiger partial charge in [-0.15, -0.1) is 0 Å². The van der Waals surface area contributed by atoms with Crippen molar-refractivity contribution in [1.29, 1.82) is 5.59 Å². The van der Waals surface area contributed by atoms with Crippen LogP contribution in [-0.4, -0.2) is 16.4 Å². The third-order valence-electron chi connectivity index (χ3n) is 0. The minimum Gasteiger partial charge on any atom is -0.450 e. The van der Waals surface area contributed by atoms with Crippen LogP contribution >= 0.6 is 0 Å². The molecule has 3 N–H and O–H groups in total. The molecule has 0 saturated heterocycles. The minimum absolute atomic E-state index is 0. The molecule has 0 bridgehead atoms. The van der Waals surface area contributed by atoms with E-state index < -0.39 is 6.16 Å². The average molecular weight is 184 g/mol. The molecule has 0 aromatic carbocycles. The van der Waals surface area contributed by atoms with Crippen LogP contribution in [0.15, 0.2) is 0 Å². The van der Waals surface area contributed by atoms with Gasteiger partial charge < -0.3 is 10.2 Å². The topological polar surface area (TPSA) is 98.5 Å². The molecule has 0 fully saturated rings. The van der Waals surface area contributed by atoms with Gasteiger partial charge in [0.15, 0.2) is 0 Å². The molecule has 0 aliphatic carbocycles. The molecule has 0 amide bonds. The molecule has 0 aromatic heterocycles. The van der Waals surface area contributed by atoms with Crippen LogP contribution in [0, 0.1) is 10.5 Å². The first kappa shape index (κ1) is 15.9. The fourth-order valence-corrected chi connectivity index (χ4v) is 0. The summed E-state index contributed by atoms with van der Waals surface area (Å²) in [6, 6.07) is 0. The standard InChI is InChI=1S/CH2O3.HNO.Zr/c2-1(3)4;1-2;/h(H2,2,3,4);1H;. The number of carboxylic acid groups (broad SMARTS) is 2. The summed E-state index contributed by atoms with van der Waals surface area (Å²) in [5.41, 5.74) is 4.50. The predicted molar refractivity (Wildman–Crippen MR) is 16.7 cm³/mol. The Morgan fingerprint density at radius 2 is 1.29 bits per heavy atom. The monoisotopic (exact) mass is 183 g/mol. The Hall–Kier alpha value is -0.247. The number of hydrogen-bond acceptors (Lipinski definition) is 3. The summed E-state index contributed by atoms with van der Waals surface area (Å²) in [5.74, 6) is 0. The number of rotatable bonds is 0. The normalized spacial score (nSPS) is 4.00. The zero-order valence-electron chi connectivity index (χ0n) is 3.21. The van der Waals surface area contributed by atoms with E-state index in [1.165, 1.54) is 0 Å². The van der Waals surface area contributed by atoms with Gasteiger partial charge in [-0.3, -0.25) is 0 Å². The van der Waals surface area contributed by atoms with Crippen molar-refractivity contribution in [3.63, 3.8) is 0 Å². The summed E-state index contributed by atoms with van der Waals surface area (Å²) in [6.07, 6.45) is -1.83. The molecule has 5 nitrogen and oxygen atoms in total. The number of nitroso groups, excluding NO2 is 1. The van der Waals surface area contributed by atoms with E-state index in [1.807, 2.05) is 0 Å². The molecular weight excluding hydrogens is 181 g/mol. The van der Waals surface area contributed by atoms with E-state index in [2.05, 4.69) is 5.59 Å². The molecule has 0 radical (unpaired) electrons. The van der Waals surface area contributed by atoms with Gasteiger partial charge in [0.05, 0.1) is 0 Å². The van der Waals surface area contributed by atoms with Gasteiger partial charge in [-0.1, -0.05) is 5.59 Å². The molecule has 0 unspecified atom stereocenters. The molecule has 7 heavy (non-hydrogen) atoms. The van der Waals surface area contributed by atoms with Gasteiger partial charge in [0.2, 0.25) is 0 Å². The maximum absolute atomic E-state index is 8.56. The minimum atomic E-state index is -1.83. The number of carbonyl (C=O) groups is 1. The van der Waals surface area contributed by atoms with Gasteiger partial charge in [-0.25, -0.2) is 4.79 Å². The van der Waals surface area contributed by atoms with E-state index in [1.54, 1.807) is 0 Å². The van der Waals surface area contributed by atoms with Gasteiger partial charge in [0.1, 0.15) is 0 Å². The predicted octanol–water partition coefficient (Wildman–Crippen LogP) is 0.551. The van der Waals surface area contributed by atoms with E-state index in [4.69, 9.17) is 19.9 Å². The summed E-state index contributed by atoms with van der Waals surface area (Å²) in [4.78, 5) is 16.1. The molecule has 0 rings (SSSR count). The molecule has 0 aliphatic rings. The van der Waals surface area contributed by atoms with Gasteiger partial charge in [0.25, 0.3) is 0 Å². The Labute approximate surface area is 58.2 Å². The van der Waals surface area contributed by atoms with Crippen molar-refractivity contribution in [2.45, 2.75) is 0 Å². The van der Waals surface area contributed by atoms with E-state index in [9.17, 15) is 0 Å². The van der Waals surface area contributed by atoms with E-state index in [0.717, 1.165) is 0 Å². The molecule has 0 aromatic rings. The molecular formula is CH3NO4Zr. The SMILES string of the molecule is N=O.O=C(O)O.[Zr]. The fraction of sp³-hybridized carbons (Fsp3) is 0. The van der Waals surface area contributed by atoms with Crippen molar-refractivity contribution in [3.05, 3.63) is 4.91 Å². The van der Waals surface area contributed by atoms with Crippen molar-refractivity contribution < 1.29 is 41.2 Å². The summed E-state index contributed by atoms with van der Waals surface area (Å²) in [5, 5.41) is 13.9. The number of nitrogens with one attached hydrogen (secondary N) is 1. The first-order valence-electron chi connectivity index (χ1n) is 0.855. The zero-order valence-corrected chi connectivity index (χ0v) is 5.67. The Morgan fingerprint density at radius 3 is 1.29 bits per heavy atom. The maximum atomic E-state index is 8.56. The second-order valence-corrected chi connectivity index (χ2v) is 0.283. The first-order chi connectivity index (χ1) is 2.73. The van der Waals surface area contributed by atoms with Crippen molar-refractivity contribution in [1.82, 2.24) is 0 Å². The maximum Gasteiger partial charge on any atom is 0.503 e. The Kier molecular flexibility index (Phi) is 38.9. The quantitative estimate of drug-likeness (QED) is 0.479. The van der Waals surface area contributed by atoms with Crippen LogP contribution in [0.1, 0.15) is 0 Å². The van der Waals surface area contributed by atoms with E-state index in [0.29, 0.717) is 0 Å². The van der Waals surface area contributed by atoms with Gasteiger partial charge >= 0.3 is 6.16 Å². The van der Waals surface area contributed by atoms with E-state index in [-0.39, 0.29) is 26.2 Å². The van der Waals surface area contributed by atoms with Crippen molar-refractivity contribution in [2.24, 2.45) is 0 Å². The fourth-order valence-electron chi connectivity index (χ4n) is 0. The second kappa shape index (κ2) is 17.1. The third kappa shape index (κ3) is 1330. The van der Waals surface area contributed by atoms with E-state index >= 15 is 0 Å². The molecule has 0 heterocycles. The summed E-state index contributed by atoms with van der Waals surface area (Å²) >= 11 is 0. The smallest absolute Gasteiger partial charge is 0.450 e. The van der Waals surface area contributed by atoms with Crippen LogP contribution in [0.5, 0.6) is 0 Å². The van der Waals surface area contributed by atoms with Crippen LogP contribution in [0.25, 0.3) is 0 Å². The summed E-state index contributed by atoms with van der Waals surface area (Å²) in [7, 11) is 0. The molecule has 40 valence electrons. The van der Waals surface area contributed by atoms with Gasteiger partial charge in [0, 0.05) is 26.2 Å². The van der Waals surface area contributed by atoms with Crippen LogP contribution in [0.2, 0.25) is 0 Å². The van der Waals surface area contributed by atoms with Crippen LogP contribution < -0.4 is 0 Å². The average Bonchev–Trinajstić information content (AvgIpc) is 1.41. The molecule has 6 heteroatoms. The first-order valence-corrected chi connectivity index (χ1v) is 0.855. The van der Waals surface area contributed by atoms with Crippen molar-refractivity contribution >= 4 is 6.16 Å². The molecule has 0 spiro atoms. The molecule has 0 atom stereocenters. The van der Waals surface area contributed by atoms with Crippen molar-refractivity contribution in [2.75, 3.05) is 0 Å². The zero-order chi connectivity index (χ0) is 5.58. The van der Waals surface area contributed by atoms with Crippen LogP contribution in [0.3, 0.4) is 0 Å². The summed E-state index contributed by atoms with van der Waals surface area (Å²) in [6.45, 7) is 0. The Morgan fingerprint density at radius 1 is 1.29 bits per heavy atom. The number of hydrogen-bond donors (Lipinski definition) is 3. The second-order valence-electron chi connectivity index (χ2n) is 0.283. The van der Waals surface area contributed by atoms with Crippen LogP contribution in [-0.2, 0) is 26.2 Å². The van der Waals surface area contributed by atoms with Gasteiger partial charge in [-0.05, 0) is 0 Å². The largest absolute Gasteiger partial charge is 0.503 e. The van der Waals surface area contributed by atoms with Crippen LogP contribution in [0.4, 0.5) is 4.79 Å². The third-order valence-corrected chi connectivity index (χ3v) is 0. The van der Waals surface area contributed by atoms with Crippen molar-refractivity contribution in [3.8, 4) is 0 Å².